The minimum atomic E-state index is -0.273. The van der Waals surface area contributed by atoms with Gasteiger partial charge in [0.05, 0.1) is 13.0 Å². The highest BCUT2D eigenvalue weighted by Crippen LogP contribution is 2.26. The fourth-order valence-corrected chi connectivity index (χ4v) is 2.16. The Morgan fingerprint density at radius 2 is 1.56 bits per heavy atom. The Morgan fingerprint density at radius 1 is 0.920 bits per heavy atom. The Bertz CT molecular complexity index is 714. The molecule has 0 bridgehead atoms. The minimum absolute atomic E-state index is 0.0573. The van der Waals surface area contributed by atoms with E-state index in [0.29, 0.717) is 30.2 Å². The number of nitrogens with one attached hydrogen (secondary N) is 2. The summed E-state index contributed by atoms with van der Waals surface area (Å²) in [5.74, 6) is 0.806. The zero-order valence-electron chi connectivity index (χ0n) is 14.4. The number of carbonyl (C=O) groups excluding carboxylic acids is 2. The van der Waals surface area contributed by atoms with E-state index < -0.39 is 0 Å². The summed E-state index contributed by atoms with van der Waals surface area (Å²) >= 11 is 0. The van der Waals surface area contributed by atoms with Crippen molar-refractivity contribution in [2.24, 2.45) is 0 Å². The molecule has 0 heterocycles. The average Bonchev–Trinajstić information content (AvgIpc) is 2.63. The third-order valence-corrected chi connectivity index (χ3v) is 3.39. The van der Waals surface area contributed by atoms with Crippen molar-refractivity contribution in [2.45, 2.75) is 13.3 Å². The lowest BCUT2D eigenvalue weighted by molar-refractivity contribution is -0.120. The third kappa shape index (κ3) is 5.84. The fraction of sp³-hybridized carbons (Fsp3) is 0.263. The Kier molecular flexibility index (Phi) is 6.83. The van der Waals surface area contributed by atoms with Crippen LogP contribution in [0.5, 0.6) is 11.5 Å². The molecule has 0 aliphatic carbocycles. The van der Waals surface area contributed by atoms with Crippen LogP contribution in [0.4, 0.5) is 5.69 Å². The molecule has 0 unspecified atom stereocenters. The van der Waals surface area contributed by atoms with Crippen molar-refractivity contribution in [3.8, 4) is 11.5 Å². The van der Waals surface area contributed by atoms with Gasteiger partial charge in [0.25, 0.3) is 5.91 Å². The molecule has 0 aliphatic heterocycles. The molecule has 132 valence electrons. The predicted octanol–water partition coefficient (Wildman–Crippen LogP) is 2.39. The second-order valence-electron chi connectivity index (χ2n) is 5.26. The molecule has 2 amide bonds. The Balaban J connectivity index is 1.87. The van der Waals surface area contributed by atoms with Crippen LogP contribution in [0.3, 0.4) is 0 Å². The molecule has 2 aromatic carbocycles. The lowest BCUT2D eigenvalue weighted by Gasteiger charge is -2.11. The summed E-state index contributed by atoms with van der Waals surface area (Å²) in [7, 11) is 1.60. The predicted molar refractivity (Wildman–Crippen MR) is 95.9 cm³/mol. The summed E-state index contributed by atoms with van der Waals surface area (Å²) in [5.41, 5.74) is 1.52. The smallest absolute Gasteiger partial charge is 0.262 e. The maximum atomic E-state index is 12.0. The van der Waals surface area contributed by atoms with Crippen LogP contribution in [0, 0.1) is 0 Å². The molecule has 2 aromatic rings. The Morgan fingerprint density at radius 3 is 2.16 bits per heavy atom. The second kappa shape index (κ2) is 9.32. The highest BCUT2D eigenvalue weighted by atomic mass is 16.5. The summed E-state index contributed by atoms with van der Waals surface area (Å²) in [6.07, 6.45) is 0.308. The van der Waals surface area contributed by atoms with Gasteiger partial charge in [0.2, 0.25) is 5.91 Å². The van der Waals surface area contributed by atoms with Crippen molar-refractivity contribution in [3.63, 3.8) is 0 Å². The summed E-state index contributed by atoms with van der Waals surface area (Å²) in [5, 5.41) is 5.32. The van der Waals surface area contributed by atoms with Crippen LogP contribution < -0.4 is 20.1 Å². The molecule has 6 nitrogen and oxygen atoms in total. The summed E-state index contributed by atoms with van der Waals surface area (Å²) in [6, 6.07) is 14.3. The maximum absolute atomic E-state index is 12.0. The number of hydrogen-bond acceptors (Lipinski definition) is 4. The van der Waals surface area contributed by atoms with Crippen molar-refractivity contribution in [1.82, 2.24) is 5.32 Å². The first-order valence-electron chi connectivity index (χ1n) is 8.06. The Hall–Kier alpha value is -3.02. The number of para-hydroxylation sites is 2. The first-order chi connectivity index (χ1) is 12.1. The number of carbonyl (C=O) groups is 2. The summed E-state index contributed by atoms with van der Waals surface area (Å²) in [4.78, 5) is 23.4. The van der Waals surface area contributed by atoms with E-state index in [0.717, 1.165) is 5.56 Å². The lowest BCUT2D eigenvalue weighted by Crippen LogP contribution is -2.21. The highest BCUT2D eigenvalue weighted by Gasteiger charge is 2.08. The Labute approximate surface area is 147 Å². The molecule has 2 rings (SSSR count). The first-order valence-corrected chi connectivity index (χ1v) is 8.06. The molecule has 0 aliphatic rings. The third-order valence-electron chi connectivity index (χ3n) is 3.39. The van der Waals surface area contributed by atoms with E-state index in [4.69, 9.17) is 9.47 Å². The molecule has 0 fully saturated rings. The van der Waals surface area contributed by atoms with E-state index in [1.807, 2.05) is 19.1 Å². The van der Waals surface area contributed by atoms with Gasteiger partial charge in [0, 0.05) is 12.7 Å². The van der Waals surface area contributed by atoms with Gasteiger partial charge in [-0.05, 0) is 36.8 Å². The van der Waals surface area contributed by atoms with Gasteiger partial charge in [-0.15, -0.1) is 0 Å². The normalized spacial score (nSPS) is 10.0. The van der Waals surface area contributed by atoms with E-state index in [9.17, 15) is 9.59 Å². The van der Waals surface area contributed by atoms with Gasteiger partial charge in [0.15, 0.2) is 18.1 Å². The molecule has 0 saturated heterocycles. The maximum Gasteiger partial charge on any atom is 0.262 e. The highest BCUT2D eigenvalue weighted by molar-refractivity contribution is 5.92. The van der Waals surface area contributed by atoms with Gasteiger partial charge >= 0.3 is 0 Å². The largest absolute Gasteiger partial charge is 0.490 e. The number of benzene rings is 2. The van der Waals surface area contributed by atoms with E-state index in [2.05, 4.69) is 10.6 Å². The summed E-state index contributed by atoms with van der Waals surface area (Å²) in [6.45, 7) is 2.29. The van der Waals surface area contributed by atoms with Crippen LogP contribution in [-0.2, 0) is 16.0 Å². The minimum Gasteiger partial charge on any atom is -0.490 e. The van der Waals surface area contributed by atoms with Crippen molar-refractivity contribution in [3.05, 3.63) is 54.1 Å². The summed E-state index contributed by atoms with van der Waals surface area (Å²) < 4.78 is 11.0. The molecule has 0 aromatic heterocycles. The van der Waals surface area contributed by atoms with Gasteiger partial charge in [-0.2, -0.15) is 0 Å². The lowest BCUT2D eigenvalue weighted by atomic mass is 10.1. The second-order valence-corrected chi connectivity index (χ2v) is 5.26. The zero-order valence-corrected chi connectivity index (χ0v) is 14.4. The zero-order chi connectivity index (χ0) is 18.1. The number of rotatable bonds is 8. The molecule has 6 heteroatoms. The van der Waals surface area contributed by atoms with Crippen LogP contribution in [0.1, 0.15) is 12.5 Å². The van der Waals surface area contributed by atoms with Gasteiger partial charge in [-0.1, -0.05) is 24.3 Å². The van der Waals surface area contributed by atoms with E-state index >= 15 is 0 Å². The van der Waals surface area contributed by atoms with Gasteiger partial charge < -0.3 is 20.1 Å². The van der Waals surface area contributed by atoms with E-state index in [1.54, 1.807) is 43.4 Å². The van der Waals surface area contributed by atoms with Crippen molar-refractivity contribution in [1.29, 1.82) is 0 Å². The van der Waals surface area contributed by atoms with E-state index in [-0.39, 0.29) is 18.4 Å². The van der Waals surface area contributed by atoms with Crippen molar-refractivity contribution in [2.75, 3.05) is 25.6 Å². The number of hydrogen-bond donors (Lipinski definition) is 2. The molecule has 2 N–H and O–H groups in total. The molecule has 0 atom stereocenters. The molecular weight excluding hydrogens is 320 g/mol. The number of amides is 2. The van der Waals surface area contributed by atoms with Crippen LogP contribution in [0.15, 0.2) is 48.5 Å². The van der Waals surface area contributed by atoms with Crippen LogP contribution in [-0.4, -0.2) is 32.1 Å². The SMILES string of the molecule is CCOc1ccccc1OCC(=O)Nc1ccc(CC(=O)NC)cc1. The quantitative estimate of drug-likeness (QED) is 0.772. The van der Waals surface area contributed by atoms with Crippen LogP contribution >= 0.6 is 0 Å². The number of ether oxygens (including phenoxy) is 2. The van der Waals surface area contributed by atoms with Crippen LogP contribution in [0.2, 0.25) is 0 Å². The van der Waals surface area contributed by atoms with Crippen molar-refractivity contribution < 1.29 is 19.1 Å². The monoisotopic (exact) mass is 342 g/mol. The van der Waals surface area contributed by atoms with Gasteiger partial charge in [-0.25, -0.2) is 0 Å². The fourth-order valence-electron chi connectivity index (χ4n) is 2.16. The van der Waals surface area contributed by atoms with E-state index in [1.165, 1.54) is 0 Å². The molecule has 0 saturated carbocycles. The topological polar surface area (TPSA) is 76.7 Å². The van der Waals surface area contributed by atoms with Gasteiger partial charge in [0.1, 0.15) is 0 Å². The molecular formula is C19H22N2O4. The van der Waals surface area contributed by atoms with Crippen LogP contribution in [0.25, 0.3) is 0 Å². The standard InChI is InChI=1S/C19H22N2O4/c1-3-24-16-6-4-5-7-17(16)25-13-19(23)21-15-10-8-14(9-11-15)12-18(22)20-2/h4-11H,3,12-13H2,1-2H3,(H,20,22)(H,21,23). The van der Waals surface area contributed by atoms with Crippen molar-refractivity contribution >= 4 is 17.5 Å². The average molecular weight is 342 g/mol. The molecule has 25 heavy (non-hydrogen) atoms. The molecule has 0 spiro atoms. The number of anilines is 1. The molecule has 0 radical (unpaired) electrons. The number of likely N-dealkylation sites (N-methyl/N-ethyl adjacent to an activating group) is 1. The first kappa shape index (κ1) is 18.3. The van der Waals surface area contributed by atoms with Gasteiger partial charge in [-0.3, -0.25) is 9.59 Å².